The fourth-order valence-corrected chi connectivity index (χ4v) is 2.74. The van der Waals surface area contributed by atoms with Gasteiger partial charge >= 0.3 is 0 Å². The molecule has 1 saturated heterocycles. The molecule has 1 aromatic carbocycles. The van der Waals surface area contributed by atoms with Crippen LogP contribution in [0.3, 0.4) is 0 Å². The van der Waals surface area contributed by atoms with Crippen molar-refractivity contribution in [2.75, 3.05) is 31.5 Å². The van der Waals surface area contributed by atoms with Gasteiger partial charge in [-0.15, -0.1) is 0 Å². The molecule has 0 unspecified atom stereocenters. The number of rotatable bonds is 4. The van der Waals surface area contributed by atoms with Crippen LogP contribution in [0, 0.1) is 6.92 Å². The number of nitrogens with zero attached hydrogens (tertiary/aromatic N) is 1. The summed E-state index contributed by atoms with van der Waals surface area (Å²) in [4.78, 5) is 14.4. The lowest BCUT2D eigenvalue weighted by molar-refractivity contribution is -0.117. The number of benzene rings is 1. The van der Waals surface area contributed by atoms with Gasteiger partial charge in [0.15, 0.2) is 0 Å². The summed E-state index contributed by atoms with van der Waals surface area (Å²) < 4.78 is 0. The van der Waals surface area contributed by atoms with Crippen LogP contribution < -0.4 is 10.6 Å². The number of hydrogen-bond donors (Lipinski definition) is 2. The average Bonchev–Trinajstić information content (AvgIpc) is 2.41. The van der Waals surface area contributed by atoms with Gasteiger partial charge in [0.05, 0.1) is 6.54 Å². The molecule has 1 aliphatic heterocycles. The van der Waals surface area contributed by atoms with E-state index in [4.69, 9.17) is 0 Å². The largest absolute Gasteiger partial charge is 0.324 e. The quantitative estimate of drug-likeness (QED) is 0.880. The Kier molecular flexibility index (Phi) is 5.15. The molecule has 0 aromatic heterocycles. The highest BCUT2D eigenvalue weighted by Gasteiger charge is 2.18. The number of nitrogens with one attached hydrogen (secondary N) is 2. The van der Waals surface area contributed by atoms with Crippen LogP contribution >= 0.6 is 0 Å². The third-order valence-corrected chi connectivity index (χ3v) is 3.82. The first-order chi connectivity index (χ1) is 9.60. The molecule has 0 bridgehead atoms. The molecule has 1 aromatic rings. The van der Waals surface area contributed by atoms with E-state index in [9.17, 15) is 4.79 Å². The minimum Gasteiger partial charge on any atom is -0.324 e. The minimum atomic E-state index is 0.0862. The van der Waals surface area contributed by atoms with Crippen LogP contribution in [0.5, 0.6) is 0 Å². The Hall–Kier alpha value is -1.39. The molecule has 1 fully saturated rings. The lowest BCUT2D eigenvalue weighted by atomic mass is 10.1. The fourth-order valence-electron chi connectivity index (χ4n) is 2.74. The van der Waals surface area contributed by atoms with Crippen LogP contribution in [0.25, 0.3) is 0 Å². The van der Waals surface area contributed by atoms with Gasteiger partial charge in [0, 0.05) is 31.4 Å². The van der Waals surface area contributed by atoms with Gasteiger partial charge in [-0.2, -0.15) is 0 Å². The van der Waals surface area contributed by atoms with Crippen molar-refractivity contribution in [2.45, 2.75) is 33.2 Å². The number of piperazine rings is 1. The Morgan fingerprint density at radius 1 is 1.50 bits per heavy atom. The van der Waals surface area contributed by atoms with Crippen molar-refractivity contribution in [1.82, 2.24) is 10.2 Å². The number of amides is 1. The number of hydrogen-bond acceptors (Lipinski definition) is 3. The van der Waals surface area contributed by atoms with Crippen molar-refractivity contribution < 1.29 is 4.79 Å². The summed E-state index contributed by atoms with van der Waals surface area (Å²) in [5.41, 5.74) is 3.32. The van der Waals surface area contributed by atoms with Crippen LogP contribution in [-0.2, 0) is 11.2 Å². The molecule has 1 amide bonds. The molecular weight excluding hydrogens is 250 g/mol. The van der Waals surface area contributed by atoms with E-state index in [2.05, 4.69) is 35.4 Å². The second-order valence-electron chi connectivity index (χ2n) is 5.60. The number of carbonyl (C=O) groups excluding carboxylic acids is 1. The monoisotopic (exact) mass is 275 g/mol. The summed E-state index contributed by atoms with van der Waals surface area (Å²) in [5.74, 6) is 0.0862. The third kappa shape index (κ3) is 3.81. The van der Waals surface area contributed by atoms with Crippen molar-refractivity contribution in [1.29, 1.82) is 0 Å². The molecule has 110 valence electrons. The summed E-state index contributed by atoms with van der Waals surface area (Å²) >= 11 is 0. The van der Waals surface area contributed by atoms with E-state index >= 15 is 0 Å². The Balaban J connectivity index is 1.98. The molecule has 1 aliphatic rings. The summed E-state index contributed by atoms with van der Waals surface area (Å²) in [6.07, 6.45) is 0.933. The number of para-hydroxylation sites is 1. The van der Waals surface area contributed by atoms with Gasteiger partial charge in [-0.05, 0) is 31.4 Å². The summed E-state index contributed by atoms with van der Waals surface area (Å²) in [5, 5.41) is 6.48. The molecule has 0 saturated carbocycles. The van der Waals surface area contributed by atoms with Gasteiger partial charge < -0.3 is 10.6 Å². The Labute approximate surface area is 121 Å². The minimum absolute atomic E-state index is 0.0862. The van der Waals surface area contributed by atoms with Crippen molar-refractivity contribution >= 4 is 11.6 Å². The number of carbonyl (C=O) groups is 1. The molecule has 0 spiro atoms. The van der Waals surface area contributed by atoms with Gasteiger partial charge in [0.2, 0.25) is 5.91 Å². The second kappa shape index (κ2) is 6.86. The maximum atomic E-state index is 12.2. The van der Waals surface area contributed by atoms with Crippen LogP contribution in [0.2, 0.25) is 0 Å². The Morgan fingerprint density at radius 3 is 3.00 bits per heavy atom. The lowest BCUT2D eigenvalue weighted by Gasteiger charge is -2.31. The topological polar surface area (TPSA) is 44.4 Å². The predicted octanol–water partition coefficient (Wildman–Crippen LogP) is 1.79. The van der Waals surface area contributed by atoms with Crippen molar-refractivity contribution in [3.63, 3.8) is 0 Å². The van der Waals surface area contributed by atoms with Crippen molar-refractivity contribution in [2.24, 2.45) is 0 Å². The Morgan fingerprint density at radius 2 is 2.30 bits per heavy atom. The summed E-state index contributed by atoms with van der Waals surface area (Å²) in [7, 11) is 0. The zero-order chi connectivity index (χ0) is 14.5. The maximum absolute atomic E-state index is 12.2. The van der Waals surface area contributed by atoms with Crippen LogP contribution in [0.4, 0.5) is 5.69 Å². The second-order valence-corrected chi connectivity index (χ2v) is 5.60. The van der Waals surface area contributed by atoms with Crippen LogP contribution in [0.15, 0.2) is 18.2 Å². The smallest absolute Gasteiger partial charge is 0.238 e. The normalized spacial score (nSPS) is 19.9. The molecule has 0 aliphatic carbocycles. The summed E-state index contributed by atoms with van der Waals surface area (Å²) in [6, 6.07) is 6.63. The van der Waals surface area contributed by atoms with E-state index in [1.807, 2.05) is 19.1 Å². The molecule has 4 nitrogen and oxygen atoms in total. The highest BCUT2D eigenvalue weighted by molar-refractivity contribution is 5.93. The van der Waals surface area contributed by atoms with Gasteiger partial charge in [-0.1, -0.05) is 25.1 Å². The molecular formula is C16H25N3O. The predicted molar refractivity (Wildman–Crippen MR) is 83.1 cm³/mol. The summed E-state index contributed by atoms with van der Waals surface area (Å²) in [6.45, 7) is 9.61. The number of aryl methyl sites for hydroxylation is 2. The van der Waals surface area contributed by atoms with Gasteiger partial charge in [-0.25, -0.2) is 0 Å². The first-order valence-corrected chi connectivity index (χ1v) is 7.44. The molecule has 1 heterocycles. The molecule has 1 atom stereocenters. The van der Waals surface area contributed by atoms with Crippen LogP contribution in [-0.4, -0.2) is 43.0 Å². The fraction of sp³-hybridized carbons (Fsp3) is 0.562. The van der Waals surface area contributed by atoms with Crippen molar-refractivity contribution in [3.8, 4) is 0 Å². The third-order valence-electron chi connectivity index (χ3n) is 3.82. The van der Waals surface area contributed by atoms with Crippen LogP contribution in [0.1, 0.15) is 25.0 Å². The highest BCUT2D eigenvalue weighted by atomic mass is 16.2. The van der Waals surface area contributed by atoms with E-state index in [1.54, 1.807) is 0 Å². The van der Waals surface area contributed by atoms with E-state index in [1.165, 1.54) is 5.56 Å². The standard InChI is InChI=1S/C16H25N3O/c1-4-14-7-5-6-12(2)16(14)18-15(20)11-19-9-8-17-13(3)10-19/h5-7,13,17H,4,8-11H2,1-3H3,(H,18,20)/t13-/m0/s1. The van der Waals surface area contributed by atoms with Gasteiger partial charge in [0.1, 0.15) is 0 Å². The highest BCUT2D eigenvalue weighted by Crippen LogP contribution is 2.21. The van der Waals surface area contributed by atoms with Gasteiger partial charge in [-0.3, -0.25) is 9.69 Å². The molecule has 4 heteroatoms. The zero-order valence-corrected chi connectivity index (χ0v) is 12.7. The van der Waals surface area contributed by atoms with E-state index in [-0.39, 0.29) is 5.91 Å². The van der Waals surface area contributed by atoms with E-state index in [0.717, 1.165) is 37.3 Å². The first kappa shape index (κ1) is 15.0. The van der Waals surface area contributed by atoms with Crippen molar-refractivity contribution in [3.05, 3.63) is 29.3 Å². The van der Waals surface area contributed by atoms with E-state index < -0.39 is 0 Å². The molecule has 20 heavy (non-hydrogen) atoms. The van der Waals surface area contributed by atoms with Gasteiger partial charge in [0.25, 0.3) is 0 Å². The average molecular weight is 275 g/mol. The number of anilines is 1. The Bertz CT molecular complexity index is 473. The molecule has 2 N–H and O–H groups in total. The zero-order valence-electron chi connectivity index (χ0n) is 12.7. The first-order valence-electron chi connectivity index (χ1n) is 7.44. The molecule has 0 radical (unpaired) electrons. The van der Waals surface area contributed by atoms with E-state index in [0.29, 0.717) is 12.6 Å². The molecule has 2 rings (SSSR count). The lowest BCUT2D eigenvalue weighted by Crippen LogP contribution is -2.51. The maximum Gasteiger partial charge on any atom is 0.238 e. The SMILES string of the molecule is CCc1cccc(C)c1NC(=O)CN1CCN[C@@H](C)C1.